The molecule has 0 atom stereocenters. The summed E-state index contributed by atoms with van der Waals surface area (Å²) in [6, 6.07) is 14.5. The van der Waals surface area contributed by atoms with E-state index in [-0.39, 0.29) is 12.2 Å². The van der Waals surface area contributed by atoms with Crippen LogP contribution in [0.1, 0.15) is 28.9 Å². The highest BCUT2D eigenvalue weighted by Gasteiger charge is 2.26. The summed E-state index contributed by atoms with van der Waals surface area (Å²) in [4.78, 5) is 34.0. The Balaban J connectivity index is 1.93. The molecule has 7 nitrogen and oxygen atoms in total. The van der Waals surface area contributed by atoms with E-state index in [2.05, 4.69) is 9.97 Å². The SMILES string of the molecule is CCc1oc(-c2ccccc2)nc1C(=O)N(CC(=O)O)Cc1ccccn1. The van der Waals surface area contributed by atoms with Crippen LogP contribution in [0.15, 0.2) is 59.1 Å². The minimum Gasteiger partial charge on any atom is -0.480 e. The third-order valence-electron chi connectivity index (χ3n) is 3.93. The van der Waals surface area contributed by atoms with Crippen LogP contribution >= 0.6 is 0 Å². The normalized spacial score (nSPS) is 10.6. The molecule has 0 saturated carbocycles. The van der Waals surface area contributed by atoms with Crippen molar-refractivity contribution in [2.24, 2.45) is 0 Å². The van der Waals surface area contributed by atoms with Crippen LogP contribution in [0.3, 0.4) is 0 Å². The highest BCUT2D eigenvalue weighted by atomic mass is 16.4. The molecule has 0 bridgehead atoms. The quantitative estimate of drug-likeness (QED) is 0.691. The van der Waals surface area contributed by atoms with E-state index >= 15 is 0 Å². The third kappa shape index (κ3) is 4.38. The second-order valence-corrected chi connectivity index (χ2v) is 5.89. The van der Waals surface area contributed by atoms with Crippen LogP contribution in [0, 0.1) is 0 Å². The number of aromatic nitrogens is 2. The van der Waals surface area contributed by atoms with Crippen molar-refractivity contribution < 1.29 is 19.1 Å². The molecule has 0 aliphatic rings. The summed E-state index contributed by atoms with van der Waals surface area (Å²) >= 11 is 0. The zero-order chi connectivity index (χ0) is 19.2. The van der Waals surface area contributed by atoms with Crippen LogP contribution in [-0.2, 0) is 17.8 Å². The highest BCUT2D eigenvalue weighted by Crippen LogP contribution is 2.23. The monoisotopic (exact) mass is 365 g/mol. The fraction of sp³-hybridized carbons (Fsp3) is 0.200. The molecule has 0 spiro atoms. The number of hydrogen-bond donors (Lipinski definition) is 1. The van der Waals surface area contributed by atoms with Gasteiger partial charge in [0.05, 0.1) is 12.2 Å². The molecule has 0 unspecified atom stereocenters. The third-order valence-corrected chi connectivity index (χ3v) is 3.93. The Hall–Kier alpha value is -3.48. The second-order valence-electron chi connectivity index (χ2n) is 5.89. The van der Waals surface area contributed by atoms with Crippen molar-refractivity contribution >= 4 is 11.9 Å². The number of carbonyl (C=O) groups excluding carboxylic acids is 1. The van der Waals surface area contributed by atoms with Gasteiger partial charge in [-0.2, -0.15) is 0 Å². The fourth-order valence-corrected chi connectivity index (χ4v) is 2.66. The number of carboxylic acid groups (broad SMARTS) is 1. The van der Waals surface area contributed by atoms with Crippen molar-refractivity contribution in [1.29, 1.82) is 0 Å². The van der Waals surface area contributed by atoms with E-state index in [1.54, 1.807) is 24.4 Å². The molecule has 138 valence electrons. The topological polar surface area (TPSA) is 96.5 Å². The maximum absolute atomic E-state index is 13.0. The van der Waals surface area contributed by atoms with E-state index in [1.807, 2.05) is 37.3 Å². The standard InChI is InChI=1S/C20H19N3O4/c1-2-16-18(22-19(27-16)14-8-4-3-5-9-14)20(26)23(13-17(24)25)12-15-10-6-7-11-21-15/h3-11H,2,12-13H2,1H3,(H,24,25). The molecule has 27 heavy (non-hydrogen) atoms. The Labute approximate surface area is 156 Å². The Morgan fingerprint density at radius 3 is 2.48 bits per heavy atom. The molecule has 0 aliphatic carbocycles. The lowest BCUT2D eigenvalue weighted by Gasteiger charge is -2.19. The van der Waals surface area contributed by atoms with E-state index in [9.17, 15) is 14.7 Å². The van der Waals surface area contributed by atoms with Crippen LogP contribution in [0.25, 0.3) is 11.5 Å². The molecular formula is C20H19N3O4. The van der Waals surface area contributed by atoms with Gasteiger partial charge in [-0.3, -0.25) is 14.6 Å². The lowest BCUT2D eigenvalue weighted by Crippen LogP contribution is -2.36. The summed E-state index contributed by atoms with van der Waals surface area (Å²) in [6.45, 7) is 1.47. The Kier molecular flexibility index (Phi) is 5.61. The minimum absolute atomic E-state index is 0.0721. The molecule has 0 radical (unpaired) electrons. The van der Waals surface area contributed by atoms with Gasteiger partial charge in [-0.25, -0.2) is 4.98 Å². The number of amides is 1. The first-order chi connectivity index (χ1) is 13.1. The van der Waals surface area contributed by atoms with Crippen molar-refractivity contribution in [1.82, 2.24) is 14.9 Å². The molecule has 7 heteroatoms. The van der Waals surface area contributed by atoms with Crippen molar-refractivity contribution in [3.8, 4) is 11.5 Å². The van der Waals surface area contributed by atoms with E-state index < -0.39 is 18.4 Å². The first-order valence-corrected chi connectivity index (χ1v) is 8.54. The van der Waals surface area contributed by atoms with E-state index in [4.69, 9.17) is 4.42 Å². The van der Waals surface area contributed by atoms with Gasteiger partial charge in [0.25, 0.3) is 5.91 Å². The Morgan fingerprint density at radius 2 is 1.85 bits per heavy atom. The summed E-state index contributed by atoms with van der Waals surface area (Å²) in [5, 5.41) is 9.21. The van der Waals surface area contributed by atoms with Crippen LogP contribution in [0.4, 0.5) is 0 Å². The van der Waals surface area contributed by atoms with E-state index in [0.717, 1.165) is 5.56 Å². The summed E-state index contributed by atoms with van der Waals surface area (Å²) in [7, 11) is 0. The van der Waals surface area contributed by atoms with Gasteiger partial charge < -0.3 is 14.4 Å². The van der Waals surface area contributed by atoms with Crippen molar-refractivity contribution in [2.45, 2.75) is 19.9 Å². The number of pyridine rings is 1. The molecule has 2 aromatic heterocycles. The zero-order valence-corrected chi connectivity index (χ0v) is 14.8. The van der Waals surface area contributed by atoms with Gasteiger partial charge in [0.1, 0.15) is 12.3 Å². The number of aliphatic carboxylic acids is 1. The van der Waals surface area contributed by atoms with Gasteiger partial charge >= 0.3 is 5.97 Å². The lowest BCUT2D eigenvalue weighted by atomic mass is 10.2. The van der Waals surface area contributed by atoms with E-state index in [1.165, 1.54) is 4.90 Å². The fourth-order valence-electron chi connectivity index (χ4n) is 2.66. The largest absolute Gasteiger partial charge is 0.480 e. The smallest absolute Gasteiger partial charge is 0.323 e. The second kappa shape index (κ2) is 8.27. The molecule has 3 aromatic rings. The molecule has 0 fully saturated rings. The van der Waals surface area contributed by atoms with Crippen LogP contribution in [0.5, 0.6) is 0 Å². The van der Waals surface area contributed by atoms with Gasteiger partial charge in [0.15, 0.2) is 5.69 Å². The van der Waals surface area contributed by atoms with Gasteiger partial charge in [0, 0.05) is 18.2 Å². The van der Waals surface area contributed by atoms with Crippen molar-refractivity contribution in [3.63, 3.8) is 0 Å². The first kappa shape index (κ1) is 18.3. The molecule has 1 N–H and O–H groups in total. The molecule has 1 amide bonds. The molecule has 2 heterocycles. The maximum Gasteiger partial charge on any atom is 0.323 e. The number of aryl methyl sites for hydroxylation is 1. The first-order valence-electron chi connectivity index (χ1n) is 8.54. The van der Waals surface area contributed by atoms with Gasteiger partial charge in [-0.05, 0) is 24.3 Å². The number of rotatable bonds is 7. The Bertz CT molecular complexity index is 923. The van der Waals surface area contributed by atoms with Crippen molar-refractivity contribution in [2.75, 3.05) is 6.54 Å². The summed E-state index contributed by atoms with van der Waals surface area (Å²) in [6.07, 6.45) is 2.06. The number of carbonyl (C=O) groups is 2. The molecule has 1 aromatic carbocycles. The number of nitrogens with zero attached hydrogens (tertiary/aromatic N) is 3. The number of hydrogen-bond acceptors (Lipinski definition) is 5. The van der Waals surface area contributed by atoms with Gasteiger partial charge in [-0.1, -0.05) is 31.2 Å². The van der Waals surface area contributed by atoms with E-state index in [0.29, 0.717) is 23.8 Å². The highest BCUT2D eigenvalue weighted by molar-refractivity contribution is 5.95. The zero-order valence-electron chi connectivity index (χ0n) is 14.8. The van der Waals surface area contributed by atoms with Gasteiger partial charge in [0.2, 0.25) is 5.89 Å². The van der Waals surface area contributed by atoms with Gasteiger partial charge in [-0.15, -0.1) is 0 Å². The molecular weight excluding hydrogens is 346 g/mol. The molecule has 0 saturated heterocycles. The van der Waals surface area contributed by atoms with Crippen LogP contribution < -0.4 is 0 Å². The predicted molar refractivity (Wildman–Crippen MR) is 97.9 cm³/mol. The minimum atomic E-state index is -1.11. The average molecular weight is 365 g/mol. The maximum atomic E-state index is 13.0. The summed E-state index contributed by atoms with van der Waals surface area (Å²) < 4.78 is 5.75. The summed E-state index contributed by atoms with van der Waals surface area (Å²) in [5.41, 5.74) is 1.48. The number of carboxylic acids is 1. The average Bonchev–Trinajstić information content (AvgIpc) is 3.12. The Morgan fingerprint density at radius 1 is 1.11 bits per heavy atom. The predicted octanol–water partition coefficient (Wildman–Crippen LogP) is 3.03. The van der Waals surface area contributed by atoms with Crippen LogP contribution in [0.2, 0.25) is 0 Å². The molecule has 3 rings (SSSR count). The lowest BCUT2D eigenvalue weighted by molar-refractivity contribution is -0.137. The molecule has 0 aliphatic heterocycles. The number of benzene rings is 1. The summed E-state index contributed by atoms with van der Waals surface area (Å²) in [5.74, 6) is -0.839. The van der Waals surface area contributed by atoms with Crippen molar-refractivity contribution in [3.05, 3.63) is 71.9 Å². The van der Waals surface area contributed by atoms with Crippen LogP contribution in [-0.4, -0.2) is 38.4 Å². The number of oxazole rings is 1.